The number of hydrogen-bond acceptors (Lipinski definition) is 5. The van der Waals surface area contributed by atoms with E-state index in [1.807, 2.05) is 20.8 Å². The first-order valence-corrected chi connectivity index (χ1v) is 8.48. The summed E-state index contributed by atoms with van der Waals surface area (Å²) in [5.74, 6) is -0.847. The van der Waals surface area contributed by atoms with E-state index in [0.717, 1.165) is 13.1 Å². The first kappa shape index (κ1) is 20.4. The first-order chi connectivity index (χ1) is 12.2. The molecule has 1 N–H and O–H groups in total. The highest BCUT2D eigenvalue weighted by Crippen LogP contribution is 2.20. The average molecular weight is 375 g/mol. The van der Waals surface area contributed by atoms with Gasteiger partial charge in [-0.1, -0.05) is 0 Å². The number of nitrogens with zero attached hydrogens (tertiary/aromatic N) is 2. The number of halogens is 3. The molecule has 146 valence electrons. The van der Waals surface area contributed by atoms with Crippen molar-refractivity contribution in [2.45, 2.75) is 45.2 Å². The lowest BCUT2D eigenvalue weighted by Gasteiger charge is -2.39. The molecule has 1 aromatic rings. The maximum absolute atomic E-state index is 12.4. The monoisotopic (exact) mass is 375 g/mol. The molecule has 0 saturated carbocycles. The maximum Gasteiger partial charge on any atom is 0.422 e. The van der Waals surface area contributed by atoms with Crippen LogP contribution in [0.4, 0.5) is 13.2 Å². The van der Waals surface area contributed by atoms with Crippen LogP contribution in [0.5, 0.6) is 5.88 Å². The second kappa shape index (κ2) is 8.68. The lowest BCUT2D eigenvalue weighted by atomic mass is 10.1. The van der Waals surface area contributed by atoms with Gasteiger partial charge in [0.05, 0.1) is 12.2 Å². The molecule has 1 aliphatic rings. The highest BCUT2D eigenvalue weighted by molar-refractivity contribution is 5.96. The number of ether oxygens (including phenoxy) is 2. The van der Waals surface area contributed by atoms with Gasteiger partial charge in [-0.15, -0.1) is 0 Å². The van der Waals surface area contributed by atoms with Crippen molar-refractivity contribution in [2.24, 2.45) is 0 Å². The van der Waals surface area contributed by atoms with Crippen LogP contribution in [0.3, 0.4) is 0 Å². The van der Waals surface area contributed by atoms with Crippen molar-refractivity contribution in [2.75, 3.05) is 26.2 Å². The smallest absolute Gasteiger partial charge is 0.422 e. The summed E-state index contributed by atoms with van der Waals surface area (Å²) in [4.78, 5) is 18.3. The Hall–Kier alpha value is -1.87. The largest absolute Gasteiger partial charge is 0.467 e. The molecule has 3 unspecified atom stereocenters. The van der Waals surface area contributed by atoms with Crippen LogP contribution in [0, 0.1) is 0 Å². The van der Waals surface area contributed by atoms with Crippen molar-refractivity contribution in [3.05, 3.63) is 23.9 Å². The molecular formula is C17H24F3N3O3. The predicted octanol–water partition coefficient (Wildman–Crippen LogP) is 2.25. The fourth-order valence-electron chi connectivity index (χ4n) is 2.87. The van der Waals surface area contributed by atoms with E-state index in [9.17, 15) is 18.0 Å². The van der Waals surface area contributed by atoms with Gasteiger partial charge in [0.25, 0.3) is 5.91 Å². The predicted molar refractivity (Wildman–Crippen MR) is 89.2 cm³/mol. The molecule has 2 rings (SSSR count). The molecule has 9 heteroatoms. The number of carbonyl (C=O) groups is 1. The van der Waals surface area contributed by atoms with Crippen LogP contribution in [-0.2, 0) is 4.74 Å². The summed E-state index contributed by atoms with van der Waals surface area (Å²) in [7, 11) is 0. The number of aromatic nitrogens is 1. The van der Waals surface area contributed by atoms with Gasteiger partial charge in [0.15, 0.2) is 6.61 Å². The lowest BCUT2D eigenvalue weighted by Crippen LogP contribution is -2.52. The van der Waals surface area contributed by atoms with E-state index in [2.05, 4.69) is 19.9 Å². The summed E-state index contributed by atoms with van der Waals surface area (Å²) >= 11 is 0. The Bertz CT molecular complexity index is 602. The van der Waals surface area contributed by atoms with Gasteiger partial charge in [-0.25, -0.2) is 4.98 Å². The van der Waals surface area contributed by atoms with Gasteiger partial charge < -0.3 is 14.8 Å². The van der Waals surface area contributed by atoms with Crippen LogP contribution >= 0.6 is 0 Å². The Morgan fingerprint density at radius 1 is 1.42 bits per heavy atom. The second-order valence-electron chi connectivity index (χ2n) is 6.53. The molecule has 0 radical (unpaired) electrons. The van der Waals surface area contributed by atoms with Gasteiger partial charge in [0, 0.05) is 31.9 Å². The second-order valence-corrected chi connectivity index (χ2v) is 6.53. The number of morpholine rings is 1. The van der Waals surface area contributed by atoms with Crippen molar-refractivity contribution >= 4 is 5.91 Å². The molecule has 26 heavy (non-hydrogen) atoms. The summed E-state index contributed by atoms with van der Waals surface area (Å²) < 4.78 is 47.3. The molecule has 3 atom stereocenters. The van der Waals surface area contributed by atoms with Crippen molar-refractivity contribution in [3.63, 3.8) is 0 Å². The average Bonchev–Trinajstić information content (AvgIpc) is 2.56. The van der Waals surface area contributed by atoms with E-state index in [1.54, 1.807) is 0 Å². The summed E-state index contributed by atoms with van der Waals surface area (Å²) in [6.07, 6.45) is -3.00. The number of alkyl halides is 3. The molecular weight excluding hydrogens is 351 g/mol. The van der Waals surface area contributed by atoms with Crippen LogP contribution < -0.4 is 10.1 Å². The number of amides is 1. The molecule has 1 saturated heterocycles. The zero-order chi connectivity index (χ0) is 19.3. The minimum absolute atomic E-state index is 0.0207. The van der Waals surface area contributed by atoms with Crippen LogP contribution in [0.1, 0.15) is 31.1 Å². The number of carbonyl (C=O) groups excluding carboxylic acids is 1. The van der Waals surface area contributed by atoms with Gasteiger partial charge in [-0.05, 0) is 32.9 Å². The van der Waals surface area contributed by atoms with Crippen LogP contribution in [0.25, 0.3) is 0 Å². The molecule has 1 fully saturated rings. The summed E-state index contributed by atoms with van der Waals surface area (Å²) in [6.45, 7) is 6.34. The Balaban J connectivity index is 1.93. The molecule has 0 bridgehead atoms. The van der Waals surface area contributed by atoms with Crippen molar-refractivity contribution in [1.29, 1.82) is 0 Å². The molecule has 1 amide bonds. The van der Waals surface area contributed by atoms with E-state index in [-0.39, 0.29) is 29.7 Å². The molecule has 6 nitrogen and oxygen atoms in total. The quantitative estimate of drug-likeness (QED) is 0.826. The van der Waals surface area contributed by atoms with E-state index < -0.39 is 18.7 Å². The van der Waals surface area contributed by atoms with Gasteiger partial charge in [-0.3, -0.25) is 9.69 Å². The highest BCUT2D eigenvalue weighted by Gasteiger charge is 2.30. The van der Waals surface area contributed by atoms with Crippen molar-refractivity contribution in [1.82, 2.24) is 15.2 Å². The number of pyridine rings is 1. The van der Waals surface area contributed by atoms with Crippen LogP contribution in [-0.4, -0.2) is 66.5 Å². The molecule has 0 spiro atoms. The van der Waals surface area contributed by atoms with Crippen molar-refractivity contribution < 1.29 is 27.4 Å². The van der Waals surface area contributed by atoms with Crippen molar-refractivity contribution in [3.8, 4) is 5.88 Å². The third kappa shape index (κ3) is 6.14. The topological polar surface area (TPSA) is 63.7 Å². The Morgan fingerprint density at radius 2 is 2.08 bits per heavy atom. The fourth-order valence-corrected chi connectivity index (χ4v) is 2.87. The summed E-state index contributed by atoms with van der Waals surface area (Å²) in [5, 5.41) is 2.74. The molecule has 1 aliphatic heterocycles. The van der Waals surface area contributed by atoms with E-state index in [0.29, 0.717) is 6.54 Å². The zero-order valence-electron chi connectivity index (χ0n) is 15.0. The maximum atomic E-state index is 12.4. The van der Waals surface area contributed by atoms with E-state index in [1.165, 1.54) is 18.3 Å². The van der Waals surface area contributed by atoms with Gasteiger partial charge in [0.2, 0.25) is 5.88 Å². The molecule has 2 heterocycles. The summed E-state index contributed by atoms with van der Waals surface area (Å²) in [5.41, 5.74) is -0.0207. The van der Waals surface area contributed by atoms with Crippen LogP contribution in [0.15, 0.2) is 18.3 Å². The molecule has 0 aromatic carbocycles. The third-order valence-electron chi connectivity index (χ3n) is 4.02. The molecule has 0 aliphatic carbocycles. The minimum atomic E-state index is -4.50. The van der Waals surface area contributed by atoms with Gasteiger partial charge in [0.1, 0.15) is 5.56 Å². The highest BCUT2D eigenvalue weighted by atomic mass is 19.4. The fraction of sp³-hybridized carbons (Fsp3) is 0.647. The zero-order valence-corrected chi connectivity index (χ0v) is 15.0. The standard InChI is InChI=1S/C17H24F3N3O3/c1-11(23-8-12(2)26-13(3)9-23)7-22-15(24)14-5-4-6-21-16(14)25-10-17(18,19)20/h4-6,11-13H,7-10H2,1-3H3,(H,22,24). The third-order valence-corrected chi connectivity index (χ3v) is 4.02. The Kier molecular flexibility index (Phi) is 6.82. The van der Waals surface area contributed by atoms with E-state index in [4.69, 9.17) is 4.74 Å². The van der Waals surface area contributed by atoms with Crippen LogP contribution in [0.2, 0.25) is 0 Å². The molecule has 1 aromatic heterocycles. The normalized spacial score (nSPS) is 22.7. The van der Waals surface area contributed by atoms with Gasteiger partial charge in [-0.2, -0.15) is 13.2 Å². The number of nitrogens with one attached hydrogen (secondary N) is 1. The minimum Gasteiger partial charge on any atom is -0.467 e. The summed E-state index contributed by atoms with van der Waals surface area (Å²) in [6, 6.07) is 2.92. The van der Waals surface area contributed by atoms with E-state index >= 15 is 0 Å². The lowest BCUT2D eigenvalue weighted by molar-refractivity contribution is -0.154. The Labute approximate surface area is 150 Å². The Morgan fingerprint density at radius 3 is 2.69 bits per heavy atom. The SMILES string of the molecule is CC1CN(C(C)CNC(=O)c2cccnc2OCC(F)(F)F)CC(C)O1. The first-order valence-electron chi connectivity index (χ1n) is 8.48. The van der Waals surface area contributed by atoms with Gasteiger partial charge >= 0.3 is 6.18 Å². The number of rotatable bonds is 6. The number of hydrogen-bond donors (Lipinski definition) is 1.